The first-order valence-corrected chi connectivity index (χ1v) is 5.65. The highest BCUT2D eigenvalue weighted by atomic mass is 19.4. The lowest BCUT2D eigenvalue weighted by molar-refractivity contribution is -0.141. The normalized spacial score (nSPS) is 23.5. The smallest absolute Gasteiger partial charge is 0.419 e. The fourth-order valence-corrected chi connectivity index (χ4v) is 2.18. The van der Waals surface area contributed by atoms with Crippen molar-refractivity contribution in [2.24, 2.45) is 5.92 Å². The topological polar surface area (TPSA) is 69.6 Å². The van der Waals surface area contributed by atoms with E-state index in [-0.39, 0.29) is 13.0 Å². The molecule has 1 aromatic rings. The number of rotatable bonds is 2. The lowest BCUT2D eigenvalue weighted by Gasteiger charge is -2.15. The Bertz CT molecular complexity index is 501. The maximum Gasteiger partial charge on any atom is 0.419 e. The van der Waals surface area contributed by atoms with Crippen LogP contribution in [0.25, 0.3) is 0 Å². The quantitative estimate of drug-likeness (QED) is 0.773. The molecule has 0 radical (unpaired) electrons. The van der Waals surface area contributed by atoms with Gasteiger partial charge < -0.3 is 15.5 Å². The van der Waals surface area contributed by atoms with Crippen LogP contribution in [0.4, 0.5) is 13.2 Å². The number of nitrogens with one attached hydrogen (secondary N) is 1. The van der Waals surface area contributed by atoms with Gasteiger partial charge >= 0.3 is 12.1 Å². The summed E-state index contributed by atoms with van der Waals surface area (Å²) in [7, 11) is 0. The number of alkyl halides is 3. The fourth-order valence-electron chi connectivity index (χ4n) is 2.18. The van der Waals surface area contributed by atoms with Crippen LogP contribution >= 0.6 is 0 Å². The molecule has 1 aromatic carbocycles. The van der Waals surface area contributed by atoms with E-state index in [1.807, 2.05) is 0 Å². The van der Waals surface area contributed by atoms with Gasteiger partial charge in [0.1, 0.15) is 5.75 Å². The third-order valence-electron chi connectivity index (χ3n) is 3.21. The molecule has 0 spiro atoms. The maximum absolute atomic E-state index is 12.6. The number of hydrogen-bond donors (Lipinski definition) is 3. The molecule has 104 valence electrons. The highest BCUT2D eigenvalue weighted by molar-refractivity contribution is 5.70. The van der Waals surface area contributed by atoms with Crippen LogP contribution < -0.4 is 5.32 Å². The lowest BCUT2D eigenvalue weighted by atomic mass is 9.98. The Morgan fingerprint density at radius 2 is 2.05 bits per heavy atom. The average molecular weight is 275 g/mol. The minimum Gasteiger partial charge on any atom is -0.507 e. The predicted octanol–water partition coefficient (Wildman–Crippen LogP) is 2.15. The number of carbonyl (C=O) groups is 1. The van der Waals surface area contributed by atoms with Gasteiger partial charge in [0.05, 0.1) is 11.5 Å². The van der Waals surface area contributed by atoms with Crippen LogP contribution in [0.3, 0.4) is 0 Å². The molecule has 1 fully saturated rings. The molecule has 4 nitrogen and oxygen atoms in total. The van der Waals surface area contributed by atoms with Crippen molar-refractivity contribution in [1.82, 2.24) is 5.32 Å². The summed E-state index contributed by atoms with van der Waals surface area (Å²) in [6, 6.07) is 2.76. The molecular formula is C12H12F3NO3. The lowest BCUT2D eigenvalue weighted by Crippen LogP contribution is -2.17. The van der Waals surface area contributed by atoms with E-state index in [1.54, 1.807) is 0 Å². The summed E-state index contributed by atoms with van der Waals surface area (Å²) in [6.45, 7) is 0.224. The van der Waals surface area contributed by atoms with Crippen molar-refractivity contribution >= 4 is 5.97 Å². The molecule has 0 aromatic heterocycles. The van der Waals surface area contributed by atoms with E-state index in [9.17, 15) is 23.1 Å². The molecule has 0 aliphatic carbocycles. The average Bonchev–Trinajstić information content (AvgIpc) is 2.77. The Balaban J connectivity index is 2.25. The van der Waals surface area contributed by atoms with Gasteiger partial charge in [0.2, 0.25) is 0 Å². The van der Waals surface area contributed by atoms with Crippen molar-refractivity contribution < 1.29 is 28.2 Å². The Morgan fingerprint density at radius 3 is 2.58 bits per heavy atom. The molecule has 19 heavy (non-hydrogen) atoms. The number of benzene rings is 1. The van der Waals surface area contributed by atoms with Crippen LogP contribution in [0.2, 0.25) is 0 Å². The fraction of sp³-hybridized carbons (Fsp3) is 0.417. The van der Waals surface area contributed by atoms with Crippen LogP contribution in [-0.4, -0.2) is 22.7 Å². The summed E-state index contributed by atoms with van der Waals surface area (Å²) in [6.07, 6.45) is -4.40. The number of phenolic OH excluding ortho intramolecular Hbond substituents is 1. The molecule has 2 unspecified atom stereocenters. The standard InChI is InChI=1S/C12H12F3NO3/c13-12(14,15)8-3-6(1-2-10(8)17)9-4-7(5-16-9)11(18)19/h1-3,7,9,16-17H,4-5H2,(H,18,19). The van der Waals surface area contributed by atoms with Crippen molar-refractivity contribution in [2.75, 3.05) is 6.54 Å². The highest BCUT2D eigenvalue weighted by Gasteiger charge is 2.36. The molecule has 1 aliphatic heterocycles. The number of phenols is 1. The predicted molar refractivity (Wildman–Crippen MR) is 59.6 cm³/mol. The van der Waals surface area contributed by atoms with Gasteiger partial charge in [0.15, 0.2) is 0 Å². The molecule has 1 saturated heterocycles. The molecule has 7 heteroatoms. The zero-order chi connectivity index (χ0) is 14.2. The first kappa shape index (κ1) is 13.7. The van der Waals surface area contributed by atoms with Gasteiger partial charge in [-0.3, -0.25) is 4.79 Å². The van der Waals surface area contributed by atoms with Gasteiger partial charge in [-0.25, -0.2) is 0 Å². The third kappa shape index (κ3) is 2.81. The van der Waals surface area contributed by atoms with E-state index in [4.69, 9.17) is 5.11 Å². The number of aromatic hydroxyl groups is 1. The van der Waals surface area contributed by atoms with E-state index < -0.39 is 35.4 Å². The first-order chi connectivity index (χ1) is 8.79. The molecule has 0 amide bonds. The van der Waals surface area contributed by atoms with Crippen LogP contribution in [0.1, 0.15) is 23.6 Å². The highest BCUT2D eigenvalue weighted by Crippen LogP contribution is 2.38. The van der Waals surface area contributed by atoms with E-state index in [0.29, 0.717) is 5.56 Å². The second-order valence-corrected chi connectivity index (χ2v) is 4.51. The molecule has 1 heterocycles. The van der Waals surface area contributed by atoms with Crippen molar-refractivity contribution in [2.45, 2.75) is 18.6 Å². The summed E-state index contributed by atoms with van der Waals surface area (Å²) in [5, 5.41) is 20.9. The number of hydrogen-bond acceptors (Lipinski definition) is 3. The summed E-state index contributed by atoms with van der Waals surface area (Å²) in [4.78, 5) is 10.8. The Hall–Kier alpha value is -1.76. The van der Waals surface area contributed by atoms with Crippen molar-refractivity contribution in [3.05, 3.63) is 29.3 Å². The van der Waals surface area contributed by atoms with Gasteiger partial charge in [-0.2, -0.15) is 13.2 Å². The van der Waals surface area contributed by atoms with Crippen LogP contribution in [-0.2, 0) is 11.0 Å². The van der Waals surface area contributed by atoms with Gasteiger partial charge in [0, 0.05) is 12.6 Å². The van der Waals surface area contributed by atoms with Gasteiger partial charge in [0.25, 0.3) is 0 Å². The summed E-state index contributed by atoms with van der Waals surface area (Å²) in [5.41, 5.74) is -0.778. The zero-order valence-electron chi connectivity index (χ0n) is 9.74. The van der Waals surface area contributed by atoms with Crippen LogP contribution in [0.5, 0.6) is 5.75 Å². The Morgan fingerprint density at radius 1 is 1.37 bits per heavy atom. The van der Waals surface area contributed by atoms with E-state index in [0.717, 1.165) is 12.1 Å². The molecule has 1 aliphatic rings. The summed E-state index contributed by atoms with van der Waals surface area (Å²) in [5.74, 6) is -2.40. The second kappa shape index (κ2) is 4.73. The summed E-state index contributed by atoms with van der Waals surface area (Å²) < 4.78 is 37.9. The van der Waals surface area contributed by atoms with Crippen LogP contribution in [0.15, 0.2) is 18.2 Å². The first-order valence-electron chi connectivity index (χ1n) is 5.65. The minimum absolute atomic E-state index is 0.224. The molecule has 0 saturated carbocycles. The van der Waals surface area contributed by atoms with Crippen molar-refractivity contribution in [3.8, 4) is 5.75 Å². The molecule has 3 N–H and O–H groups in total. The summed E-state index contributed by atoms with van der Waals surface area (Å²) >= 11 is 0. The number of aliphatic carboxylic acids is 1. The SMILES string of the molecule is O=C(O)C1CNC(c2ccc(O)c(C(F)(F)F)c2)C1. The molecular weight excluding hydrogens is 263 g/mol. The van der Waals surface area contributed by atoms with Crippen LogP contribution in [0, 0.1) is 5.92 Å². The number of carboxylic acid groups (broad SMARTS) is 1. The molecule has 2 rings (SSSR count). The Kier molecular flexibility index (Phi) is 3.40. The minimum atomic E-state index is -4.63. The number of halogens is 3. The van der Waals surface area contributed by atoms with E-state index >= 15 is 0 Å². The second-order valence-electron chi connectivity index (χ2n) is 4.51. The van der Waals surface area contributed by atoms with Crippen molar-refractivity contribution in [1.29, 1.82) is 0 Å². The molecule has 2 atom stereocenters. The van der Waals surface area contributed by atoms with Crippen molar-refractivity contribution in [3.63, 3.8) is 0 Å². The van der Waals surface area contributed by atoms with Gasteiger partial charge in [-0.1, -0.05) is 6.07 Å². The Labute approximate surface area is 106 Å². The maximum atomic E-state index is 12.6. The monoisotopic (exact) mass is 275 g/mol. The number of carboxylic acids is 1. The van der Waals surface area contributed by atoms with Gasteiger partial charge in [-0.05, 0) is 24.1 Å². The largest absolute Gasteiger partial charge is 0.507 e. The van der Waals surface area contributed by atoms with Gasteiger partial charge in [-0.15, -0.1) is 0 Å². The molecule has 0 bridgehead atoms. The zero-order valence-corrected chi connectivity index (χ0v) is 9.74. The third-order valence-corrected chi connectivity index (χ3v) is 3.21. The van der Waals surface area contributed by atoms with E-state index in [2.05, 4.69) is 5.32 Å². The van der Waals surface area contributed by atoms with E-state index in [1.165, 1.54) is 6.07 Å².